The van der Waals surface area contributed by atoms with E-state index in [0.29, 0.717) is 6.42 Å². The summed E-state index contributed by atoms with van der Waals surface area (Å²) in [4.78, 5) is 12.5. The van der Waals surface area contributed by atoms with Crippen LogP contribution in [0.15, 0.2) is 29.2 Å². The average molecular weight is 385 g/mol. The number of hydrogen-bond donors (Lipinski definition) is 2. The van der Waals surface area contributed by atoms with Crippen LogP contribution < -0.4 is 5.48 Å². The zero-order chi connectivity index (χ0) is 20.1. The first kappa shape index (κ1) is 22.6. The summed E-state index contributed by atoms with van der Waals surface area (Å²) in [6.45, 7) is 11.5. The molecular formula is C19H32N2O4S. The molecule has 7 heteroatoms. The van der Waals surface area contributed by atoms with Crippen molar-refractivity contribution in [3.63, 3.8) is 0 Å². The molecule has 0 aromatic heterocycles. The molecule has 0 unspecified atom stereocenters. The number of nitrogens with one attached hydrogen (secondary N) is 1. The molecule has 0 radical (unpaired) electrons. The third kappa shape index (κ3) is 5.53. The minimum absolute atomic E-state index is 0.167. The average Bonchev–Trinajstić information content (AvgIpc) is 2.56. The molecule has 0 spiro atoms. The monoisotopic (exact) mass is 384 g/mol. The molecule has 0 saturated carbocycles. The quantitative estimate of drug-likeness (QED) is 0.532. The van der Waals surface area contributed by atoms with Crippen molar-refractivity contribution in [2.75, 3.05) is 6.54 Å². The lowest BCUT2D eigenvalue weighted by molar-refractivity contribution is -0.136. The van der Waals surface area contributed by atoms with Crippen LogP contribution in [0.3, 0.4) is 0 Å². The van der Waals surface area contributed by atoms with Crippen molar-refractivity contribution in [1.82, 2.24) is 9.79 Å². The number of carbonyl (C=O) groups is 1. The van der Waals surface area contributed by atoms with E-state index in [2.05, 4.69) is 0 Å². The zero-order valence-electron chi connectivity index (χ0n) is 16.6. The molecule has 0 saturated heterocycles. The molecule has 148 valence electrons. The van der Waals surface area contributed by atoms with Crippen molar-refractivity contribution in [1.29, 1.82) is 0 Å². The highest BCUT2D eigenvalue weighted by Crippen LogP contribution is 2.30. The van der Waals surface area contributed by atoms with Crippen LogP contribution in [0, 0.1) is 11.3 Å². The van der Waals surface area contributed by atoms with E-state index in [1.54, 1.807) is 44.5 Å². The standard InChI is InChI=1S/C19H32N2O4S/c1-7-15-9-8-10-16(13-15)26(24,25)21(12-11-14(2)3)17(18(22)20-23)19(4,5)6/h8-10,13-14,17,23H,7,11-12H2,1-6H3,(H,20,22)/t17-/m0/s1. The Balaban J connectivity index is 3.49. The predicted octanol–water partition coefficient (Wildman–Crippen LogP) is 3.21. The van der Waals surface area contributed by atoms with Gasteiger partial charge in [-0.1, -0.05) is 53.7 Å². The minimum atomic E-state index is -3.91. The number of sulfonamides is 1. The molecule has 0 aliphatic heterocycles. The van der Waals surface area contributed by atoms with Crippen LogP contribution in [0.25, 0.3) is 0 Å². The van der Waals surface area contributed by atoms with Gasteiger partial charge in [0, 0.05) is 6.54 Å². The predicted molar refractivity (Wildman–Crippen MR) is 102 cm³/mol. The Morgan fingerprint density at radius 3 is 2.35 bits per heavy atom. The maximum Gasteiger partial charge on any atom is 0.262 e. The smallest absolute Gasteiger partial charge is 0.262 e. The molecule has 26 heavy (non-hydrogen) atoms. The lowest BCUT2D eigenvalue weighted by Crippen LogP contribution is -2.55. The second-order valence-corrected chi connectivity index (χ2v) is 9.93. The van der Waals surface area contributed by atoms with Crippen LogP contribution in [-0.4, -0.2) is 36.4 Å². The molecule has 0 aliphatic carbocycles. The van der Waals surface area contributed by atoms with Gasteiger partial charge in [0.25, 0.3) is 5.91 Å². The summed E-state index contributed by atoms with van der Waals surface area (Å²) in [7, 11) is -3.91. The normalized spacial score (nSPS) is 13.9. The topological polar surface area (TPSA) is 86.7 Å². The Hall–Kier alpha value is -1.44. The molecule has 0 heterocycles. The van der Waals surface area contributed by atoms with E-state index in [-0.39, 0.29) is 17.4 Å². The van der Waals surface area contributed by atoms with E-state index in [9.17, 15) is 18.4 Å². The van der Waals surface area contributed by atoms with Crippen molar-refractivity contribution >= 4 is 15.9 Å². The second-order valence-electron chi connectivity index (χ2n) is 8.04. The highest BCUT2D eigenvalue weighted by molar-refractivity contribution is 7.89. The van der Waals surface area contributed by atoms with Crippen molar-refractivity contribution in [3.8, 4) is 0 Å². The van der Waals surface area contributed by atoms with Gasteiger partial charge in [-0.3, -0.25) is 10.0 Å². The van der Waals surface area contributed by atoms with Crippen molar-refractivity contribution in [2.45, 2.75) is 65.3 Å². The summed E-state index contributed by atoms with van der Waals surface area (Å²) in [6.07, 6.45) is 1.33. The fraction of sp³-hybridized carbons (Fsp3) is 0.632. The van der Waals surface area contributed by atoms with Gasteiger partial charge >= 0.3 is 0 Å². The summed E-state index contributed by atoms with van der Waals surface area (Å²) in [5.41, 5.74) is 1.86. The first-order valence-electron chi connectivity index (χ1n) is 8.99. The first-order valence-corrected chi connectivity index (χ1v) is 10.4. The summed E-state index contributed by atoms with van der Waals surface area (Å²) in [6, 6.07) is 5.76. The van der Waals surface area contributed by atoms with E-state index < -0.39 is 27.4 Å². The van der Waals surface area contributed by atoms with Gasteiger partial charge in [-0.05, 0) is 41.9 Å². The Morgan fingerprint density at radius 1 is 1.27 bits per heavy atom. The van der Waals surface area contributed by atoms with E-state index in [1.165, 1.54) is 4.31 Å². The van der Waals surface area contributed by atoms with Crippen molar-refractivity contribution in [2.24, 2.45) is 11.3 Å². The molecule has 1 rings (SSSR count). The Morgan fingerprint density at radius 2 is 1.88 bits per heavy atom. The summed E-state index contributed by atoms with van der Waals surface area (Å²) < 4.78 is 28.0. The van der Waals surface area contributed by atoms with E-state index in [0.717, 1.165) is 12.0 Å². The van der Waals surface area contributed by atoms with Crippen LogP contribution in [0.4, 0.5) is 0 Å². The van der Waals surface area contributed by atoms with Crippen LogP contribution in [0.5, 0.6) is 0 Å². The minimum Gasteiger partial charge on any atom is -0.289 e. The molecule has 1 aromatic carbocycles. The number of nitrogens with zero attached hydrogens (tertiary/aromatic N) is 1. The molecule has 0 aliphatic rings. The zero-order valence-corrected chi connectivity index (χ0v) is 17.4. The van der Waals surface area contributed by atoms with Crippen LogP contribution in [-0.2, 0) is 21.2 Å². The van der Waals surface area contributed by atoms with Gasteiger partial charge in [-0.2, -0.15) is 4.31 Å². The van der Waals surface area contributed by atoms with E-state index in [4.69, 9.17) is 0 Å². The van der Waals surface area contributed by atoms with Gasteiger partial charge in [0.05, 0.1) is 4.90 Å². The van der Waals surface area contributed by atoms with Gasteiger partial charge in [0.2, 0.25) is 10.0 Å². The Labute approximate surface area is 157 Å². The number of rotatable bonds is 8. The molecular weight excluding hydrogens is 352 g/mol. The third-order valence-electron chi connectivity index (χ3n) is 4.31. The lowest BCUT2D eigenvalue weighted by atomic mass is 9.86. The molecule has 2 N–H and O–H groups in total. The van der Waals surface area contributed by atoms with Gasteiger partial charge < -0.3 is 0 Å². The number of hydroxylamine groups is 1. The summed E-state index contributed by atoms with van der Waals surface area (Å²) >= 11 is 0. The number of benzene rings is 1. The fourth-order valence-electron chi connectivity index (χ4n) is 2.85. The number of carbonyl (C=O) groups excluding carboxylic acids is 1. The molecule has 6 nitrogen and oxygen atoms in total. The van der Waals surface area contributed by atoms with Gasteiger partial charge in [-0.15, -0.1) is 0 Å². The first-order chi connectivity index (χ1) is 11.9. The summed E-state index contributed by atoms with van der Waals surface area (Å²) in [5, 5.41) is 9.19. The number of hydrogen-bond acceptors (Lipinski definition) is 4. The van der Waals surface area contributed by atoms with Crippen LogP contribution in [0.1, 0.15) is 53.5 Å². The molecule has 1 atom stereocenters. The molecule has 1 aromatic rings. The SMILES string of the molecule is CCc1cccc(S(=O)(=O)N(CCC(C)C)[C@@H](C(=O)NO)C(C)(C)C)c1. The Kier molecular flexibility index (Phi) is 7.80. The van der Waals surface area contributed by atoms with Crippen molar-refractivity contribution in [3.05, 3.63) is 29.8 Å². The molecule has 1 amide bonds. The van der Waals surface area contributed by atoms with E-state index >= 15 is 0 Å². The largest absolute Gasteiger partial charge is 0.289 e. The third-order valence-corrected chi connectivity index (χ3v) is 6.17. The van der Waals surface area contributed by atoms with Crippen LogP contribution in [0.2, 0.25) is 0 Å². The highest BCUT2D eigenvalue weighted by Gasteiger charge is 2.42. The van der Waals surface area contributed by atoms with Gasteiger partial charge in [0.1, 0.15) is 6.04 Å². The Bertz CT molecular complexity index is 708. The lowest BCUT2D eigenvalue weighted by Gasteiger charge is -2.38. The maximum atomic E-state index is 13.4. The number of aryl methyl sites for hydroxylation is 1. The van der Waals surface area contributed by atoms with Crippen molar-refractivity contribution < 1.29 is 18.4 Å². The fourth-order valence-corrected chi connectivity index (χ4v) is 4.71. The highest BCUT2D eigenvalue weighted by atomic mass is 32.2. The number of amides is 1. The maximum absolute atomic E-state index is 13.4. The van der Waals surface area contributed by atoms with E-state index in [1.807, 2.05) is 26.8 Å². The molecule has 0 fully saturated rings. The van der Waals surface area contributed by atoms with Gasteiger partial charge in [-0.25, -0.2) is 13.9 Å². The molecule has 0 bridgehead atoms. The van der Waals surface area contributed by atoms with Crippen LogP contribution >= 0.6 is 0 Å². The second kappa shape index (κ2) is 8.97. The van der Waals surface area contributed by atoms with Gasteiger partial charge in [0.15, 0.2) is 0 Å². The summed E-state index contributed by atoms with van der Waals surface area (Å²) in [5.74, 6) is -0.455.